The van der Waals surface area contributed by atoms with E-state index < -0.39 is 41.8 Å². The van der Waals surface area contributed by atoms with Crippen LogP contribution in [0.2, 0.25) is 0 Å². The third kappa shape index (κ3) is 11.9. The monoisotopic (exact) mass is 1020 g/mol. The molecule has 0 saturated heterocycles. The highest BCUT2D eigenvalue weighted by atomic mass is 16.6. The number of amides is 3. The zero-order chi connectivity index (χ0) is 53.5. The Morgan fingerprint density at radius 1 is 0.618 bits per heavy atom. The molecule has 13 nitrogen and oxygen atoms in total. The molecule has 2 atom stereocenters. The van der Waals surface area contributed by atoms with Crippen molar-refractivity contribution in [1.82, 2.24) is 20.5 Å². The van der Waals surface area contributed by atoms with E-state index >= 15 is 4.79 Å². The van der Waals surface area contributed by atoms with E-state index in [0.717, 1.165) is 44.5 Å². The van der Waals surface area contributed by atoms with Gasteiger partial charge >= 0.3 is 12.2 Å². The van der Waals surface area contributed by atoms with Crippen molar-refractivity contribution in [2.45, 2.75) is 70.7 Å². The summed E-state index contributed by atoms with van der Waals surface area (Å²) in [5.41, 5.74) is 9.98. The average Bonchev–Trinajstić information content (AvgIpc) is 3.99. The van der Waals surface area contributed by atoms with Gasteiger partial charge in [-0.2, -0.15) is 0 Å². The van der Waals surface area contributed by atoms with E-state index in [9.17, 15) is 14.4 Å². The predicted molar refractivity (Wildman–Crippen MR) is 293 cm³/mol. The Labute approximate surface area is 443 Å². The lowest BCUT2D eigenvalue weighted by atomic mass is 9.96. The Balaban J connectivity index is 0.992. The van der Waals surface area contributed by atoms with Gasteiger partial charge in [0.1, 0.15) is 35.5 Å². The maximum Gasteiger partial charge on any atom is 0.419 e. The topological polar surface area (TPSA) is 155 Å². The summed E-state index contributed by atoms with van der Waals surface area (Å²) in [6.45, 7) is 9.18. The van der Waals surface area contributed by atoms with Crippen LogP contribution >= 0.6 is 0 Å². The van der Waals surface area contributed by atoms with E-state index in [4.69, 9.17) is 23.7 Å². The average molecular weight is 1020 g/mol. The standard InChI is InChI=1S/C63H62N4O9/c1-39-20-24-41(25-21-39)58(42-26-22-40(2)23-27-42)65-57(68)38-74-45-30-28-43(29-31-45)59(52-33-32-46(72-6)35-56(52)73-7)66-60(69)54(34-44-36-67(62(71)76-63(3,4)5)55-19-13-12-14-47(44)55)64-61(70)75-37-53-50-17-10-8-15-48(50)49-16-9-11-18-51(49)53/h8-33,35-36,53-54,58-59H,34,37-38H2,1-7H3,(H,64,70)(H,65,68)(H,66,69)/t54-,59?/m0/s1. The summed E-state index contributed by atoms with van der Waals surface area (Å²) in [5.74, 6) is 0.297. The molecule has 13 heteroatoms. The second-order valence-electron chi connectivity index (χ2n) is 20.0. The second-order valence-corrected chi connectivity index (χ2v) is 20.0. The fraction of sp³-hybridized carbons (Fsp3) is 0.238. The van der Waals surface area contributed by atoms with Gasteiger partial charge in [-0.3, -0.25) is 14.2 Å². The summed E-state index contributed by atoms with van der Waals surface area (Å²) in [4.78, 5) is 56.5. The molecular formula is C63H62N4O9. The Hall–Kier alpha value is -8.84. The van der Waals surface area contributed by atoms with Gasteiger partial charge in [0.25, 0.3) is 5.91 Å². The van der Waals surface area contributed by atoms with Gasteiger partial charge in [-0.25, -0.2) is 9.59 Å². The Kier molecular flexibility index (Phi) is 15.6. The molecule has 1 aliphatic carbocycles. The van der Waals surface area contributed by atoms with Crippen LogP contribution in [0.1, 0.15) is 88.8 Å². The van der Waals surface area contributed by atoms with E-state index in [0.29, 0.717) is 44.8 Å². The molecule has 0 spiro atoms. The number of hydrogen-bond donors (Lipinski definition) is 3. The number of para-hydroxylation sites is 1. The molecule has 0 bridgehead atoms. The molecule has 7 aromatic carbocycles. The lowest BCUT2D eigenvalue weighted by Gasteiger charge is -2.26. The van der Waals surface area contributed by atoms with Gasteiger partial charge in [0.2, 0.25) is 5.91 Å². The first-order chi connectivity index (χ1) is 36.7. The first-order valence-electron chi connectivity index (χ1n) is 25.3. The first-order valence-corrected chi connectivity index (χ1v) is 25.3. The summed E-state index contributed by atoms with van der Waals surface area (Å²) in [7, 11) is 3.08. The van der Waals surface area contributed by atoms with Crippen LogP contribution in [-0.4, -0.2) is 67.6 Å². The maximum atomic E-state index is 15.2. The van der Waals surface area contributed by atoms with Crippen molar-refractivity contribution in [3.8, 4) is 28.4 Å². The van der Waals surface area contributed by atoms with Gasteiger partial charge in [-0.15, -0.1) is 0 Å². The zero-order valence-electron chi connectivity index (χ0n) is 43.7. The largest absolute Gasteiger partial charge is 0.497 e. The molecule has 0 fully saturated rings. The van der Waals surface area contributed by atoms with Crippen LogP contribution in [0.15, 0.2) is 170 Å². The lowest BCUT2D eigenvalue weighted by Crippen LogP contribution is -2.49. The highest BCUT2D eigenvalue weighted by Gasteiger charge is 2.33. The number of rotatable bonds is 17. The van der Waals surface area contributed by atoms with Crippen LogP contribution in [0.5, 0.6) is 17.2 Å². The van der Waals surface area contributed by atoms with Crippen LogP contribution in [-0.2, 0) is 25.5 Å². The number of aromatic nitrogens is 1. The molecule has 76 heavy (non-hydrogen) atoms. The second kappa shape index (κ2) is 22.7. The molecule has 1 aliphatic rings. The molecular weight excluding hydrogens is 957 g/mol. The highest BCUT2D eigenvalue weighted by molar-refractivity contribution is 5.93. The van der Waals surface area contributed by atoms with Crippen LogP contribution in [0.25, 0.3) is 22.0 Å². The van der Waals surface area contributed by atoms with E-state index in [1.807, 2.05) is 117 Å². The van der Waals surface area contributed by atoms with Crippen molar-refractivity contribution in [3.05, 3.63) is 220 Å². The van der Waals surface area contributed by atoms with Crippen LogP contribution in [0.3, 0.4) is 0 Å². The zero-order valence-corrected chi connectivity index (χ0v) is 43.7. The number of carbonyl (C=O) groups excluding carboxylic acids is 4. The van der Waals surface area contributed by atoms with Crippen LogP contribution in [0, 0.1) is 13.8 Å². The molecule has 1 unspecified atom stereocenters. The first kappa shape index (κ1) is 52.0. The third-order valence-corrected chi connectivity index (χ3v) is 13.5. The minimum atomic E-state index is -1.23. The number of carbonyl (C=O) groups is 4. The van der Waals surface area contributed by atoms with Gasteiger partial charge in [-0.1, -0.05) is 139 Å². The summed E-state index contributed by atoms with van der Waals surface area (Å²) in [5, 5.41) is 9.96. The summed E-state index contributed by atoms with van der Waals surface area (Å²) >= 11 is 0. The summed E-state index contributed by atoms with van der Waals surface area (Å²) in [6.07, 6.45) is 0.217. The SMILES string of the molecule is COc1ccc(C(NC(=O)[C@H](Cc2cn(C(=O)OC(C)(C)C)c3ccccc23)NC(=O)OCC2c3ccccc3-c3ccccc32)c2ccc(OCC(=O)NC(c3ccc(C)cc3)c3ccc(C)cc3)cc2)c(OC)c1. The fourth-order valence-electron chi connectivity index (χ4n) is 9.71. The van der Waals surface area contributed by atoms with Crippen LogP contribution in [0.4, 0.5) is 9.59 Å². The third-order valence-electron chi connectivity index (χ3n) is 13.5. The number of alkyl carbamates (subject to hydrolysis) is 1. The molecule has 1 aromatic heterocycles. The number of ether oxygens (including phenoxy) is 5. The van der Waals surface area contributed by atoms with E-state index in [1.165, 1.54) is 11.7 Å². The Morgan fingerprint density at radius 2 is 1.18 bits per heavy atom. The number of nitrogens with zero attached hydrogens (tertiary/aromatic N) is 1. The maximum absolute atomic E-state index is 15.2. The number of methoxy groups -OCH3 is 2. The lowest BCUT2D eigenvalue weighted by molar-refractivity contribution is -0.124. The summed E-state index contributed by atoms with van der Waals surface area (Å²) in [6, 6.07) is 49.4. The number of fused-ring (bicyclic) bond motifs is 4. The number of nitrogens with one attached hydrogen (secondary N) is 3. The number of hydrogen-bond acceptors (Lipinski definition) is 9. The van der Waals surface area contributed by atoms with E-state index in [1.54, 1.807) is 82.6 Å². The van der Waals surface area contributed by atoms with E-state index in [-0.39, 0.29) is 31.5 Å². The molecule has 0 saturated carbocycles. The molecule has 3 amide bonds. The van der Waals surface area contributed by atoms with Crippen molar-refractivity contribution in [1.29, 1.82) is 0 Å². The molecule has 3 N–H and O–H groups in total. The molecule has 388 valence electrons. The predicted octanol–water partition coefficient (Wildman–Crippen LogP) is 11.7. The Bertz CT molecular complexity index is 3290. The van der Waals surface area contributed by atoms with Gasteiger partial charge in [-0.05, 0) is 109 Å². The Morgan fingerprint density at radius 3 is 1.79 bits per heavy atom. The normalized spacial score (nSPS) is 12.7. The minimum Gasteiger partial charge on any atom is -0.497 e. The van der Waals surface area contributed by atoms with Crippen molar-refractivity contribution < 1.29 is 42.9 Å². The van der Waals surface area contributed by atoms with Crippen molar-refractivity contribution >= 4 is 34.9 Å². The van der Waals surface area contributed by atoms with Crippen molar-refractivity contribution in [2.24, 2.45) is 0 Å². The molecule has 0 radical (unpaired) electrons. The van der Waals surface area contributed by atoms with Crippen LogP contribution < -0.4 is 30.2 Å². The van der Waals surface area contributed by atoms with Gasteiger partial charge in [0.05, 0.1) is 31.8 Å². The van der Waals surface area contributed by atoms with Gasteiger partial charge in [0.15, 0.2) is 6.61 Å². The van der Waals surface area contributed by atoms with Crippen molar-refractivity contribution in [3.63, 3.8) is 0 Å². The molecule has 1 heterocycles. The molecule has 0 aliphatic heterocycles. The number of benzene rings is 7. The molecule has 8 aromatic rings. The summed E-state index contributed by atoms with van der Waals surface area (Å²) < 4.78 is 30.7. The number of aryl methyl sites for hydroxylation is 2. The van der Waals surface area contributed by atoms with Gasteiger partial charge < -0.3 is 39.6 Å². The van der Waals surface area contributed by atoms with Gasteiger partial charge in [0, 0.05) is 35.6 Å². The molecule has 9 rings (SSSR count). The minimum absolute atomic E-state index is 0.0218. The van der Waals surface area contributed by atoms with E-state index in [2.05, 4.69) is 28.1 Å². The fourth-order valence-corrected chi connectivity index (χ4v) is 9.71. The van der Waals surface area contributed by atoms with Crippen molar-refractivity contribution in [2.75, 3.05) is 27.4 Å². The smallest absolute Gasteiger partial charge is 0.419 e. The highest BCUT2D eigenvalue weighted by Crippen LogP contribution is 2.44. The quantitative estimate of drug-likeness (QED) is 0.0808.